The van der Waals surface area contributed by atoms with Crippen LogP contribution in [0.5, 0.6) is 0 Å². The number of aryl methyl sites for hydroxylation is 2. The lowest BCUT2D eigenvalue weighted by Gasteiger charge is -2.21. The largest absolute Gasteiger partial charge is 0.443 e. The normalized spacial score (nSPS) is 12.9. The highest BCUT2D eigenvalue weighted by molar-refractivity contribution is 5.67. The van der Waals surface area contributed by atoms with Crippen LogP contribution in [0.4, 0.5) is 4.79 Å². The zero-order valence-corrected chi connectivity index (χ0v) is 12.6. The molecule has 0 bridgehead atoms. The summed E-state index contributed by atoms with van der Waals surface area (Å²) in [5, 5.41) is 0. The first-order chi connectivity index (χ1) is 8.69. The number of hydrazine groups is 1. The van der Waals surface area contributed by atoms with Crippen molar-refractivity contribution in [2.24, 2.45) is 0 Å². The van der Waals surface area contributed by atoms with E-state index in [1.165, 1.54) is 11.1 Å². The molecule has 1 aromatic carbocycles. The molecule has 0 heterocycles. The number of benzene rings is 1. The molecule has 1 unspecified atom stereocenters. The molecule has 0 saturated heterocycles. The van der Waals surface area contributed by atoms with Gasteiger partial charge in [-0.1, -0.05) is 18.2 Å². The fraction of sp³-hybridized carbons (Fsp3) is 0.533. The van der Waals surface area contributed by atoms with Crippen molar-refractivity contribution in [1.29, 1.82) is 0 Å². The fourth-order valence-electron chi connectivity index (χ4n) is 1.59. The van der Waals surface area contributed by atoms with Gasteiger partial charge in [0.25, 0.3) is 0 Å². The number of nitrogens with one attached hydrogen (secondary N) is 2. The number of carbonyl (C=O) groups excluding carboxylic acids is 1. The van der Waals surface area contributed by atoms with Gasteiger partial charge in [0.2, 0.25) is 0 Å². The van der Waals surface area contributed by atoms with Crippen LogP contribution in [0.15, 0.2) is 18.2 Å². The number of amides is 1. The predicted octanol–water partition coefficient (Wildman–Crippen LogP) is 3.39. The third-order valence-corrected chi connectivity index (χ3v) is 2.82. The summed E-state index contributed by atoms with van der Waals surface area (Å²) in [4.78, 5) is 11.5. The molecule has 1 rings (SSSR count). The minimum atomic E-state index is -0.491. The van der Waals surface area contributed by atoms with E-state index in [9.17, 15) is 4.79 Å². The first-order valence-electron chi connectivity index (χ1n) is 6.51. The average Bonchev–Trinajstić information content (AvgIpc) is 2.27. The second kappa shape index (κ2) is 6.06. The maximum absolute atomic E-state index is 11.5. The zero-order chi connectivity index (χ0) is 14.6. The van der Waals surface area contributed by atoms with Gasteiger partial charge in [0.05, 0.1) is 0 Å². The minimum absolute atomic E-state index is 0.0202. The highest BCUT2D eigenvalue weighted by Gasteiger charge is 2.16. The van der Waals surface area contributed by atoms with E-state index in [0.717, 1.165) is 5.56 Å². The molecular weight excluding hydrogens is 240 g/mol. The van der Waals surface area contributed by atoms with Crippen molar-refractivity contribution in [2.75, 3.05) is 0 Å². The van der Waals surface area contributed by atoms with E-state index in [4.69, 9.17) is 4.74 Å². The first-order valence-corrected chi connectivity index (χ1v) is 6.51. The van der Waals surface area contributed by atoms with E-state index in [0.29, 0.717) is 0 Å². The molecule has 0 spiro atoms. The lowest BCUT2D eigenvalue weighted by atomic mass is 10.0. The third kappa shape index (κ3) is 5.30. The maximum atomic E-state index is 11.5. The zero-order valence-electron chi connectivity index (χ0n) is 12.6. The van der Waals surface area contributed by atoms with Crippen LogP contribution in [0.1, 0.15) is 50.4 Å². The molecule has 1 aromatic rings. The topological polar surface area (TPSA) is 50.4 Å². The molecule has 0 aliphatic heterocycles. The Morgan fingerprint density at radius 2 is 1.84 bits per heavy atom. The molecule has 1 amide bonds. The Bertz CT molecular complexity index is 450. The highest BCUT2D eigenvalue weighted by atomic mass is 16.6. The first kappa shape index (κ1) is 15.5. The smallest absolute Gasteiger partial charge is 0.422 e. The Hall–Kier alpha value is -1.55. The Morgan fingerprint density at radius 1 is 1.21 bits per heavy atom. The van der Waals surface area contributed by atoms with Gasteiger partial charge in [-0.3, -0.25) is 5.43 Å². The maximum Gasteiger partial charge on any atom is 0.422 e. The SMILES string of the molecule is Cc1ccc(C(C)NNC(=O)OC(C)(C)C)cc1C. The Kier molecular flexibility index (Phi) is 4.95. The standard InChI is InChI=1S/C15H24N2O2/c1-10-7-8-13(9-11(10)2)12(3)16-17-14(18)19-15(4,5)6/h7-9,12,16H,1-6H3,(H,17,18). The van der Waals surface area contributed by atoms with Gasteiger partial charge in [-0.2, -0.15) is 0 Å². The van der Waals surface area contributed by atoms with Gasteiger partial charge in [-0.25, -0.2) is 10.2 Å². The van der Waals surface area contributed by atoms with Crippen LogP contribution in [0.2, 0.25) is 0 Å². The molecule has 4 nitrogen and oxygen atoms in total. The summed E-state index contributed by atoms with van der Waals surface area (Å²) in [5.74, 6) is 0. The molecule has 0 aliphatic rings. The van der Waals surface area contributed by atoms with Crippen molar-refractivity contribution < 1.29 is 9.53 Å². The van der Waals surface area contributed by atoms with E-state index >= 15 is 0 Å². The summed E-state index contributed by atoms with van der Waals surface area (Å²) in [6.45, 7) is 11.6. The Morgan fingerprint density at radius 3 is 2.37 bits per heavy atom. The van der Waals surface area contributed by atoms with E-state index in [1.807, 2.05) is 27.7 Å². The molecule has 0 radical (unpaired) electrons. The molecule has 0 fully saturated rings. The van der Waals surface area contributed by atoms with Crippen LogP contribution in [-0.2, 0) is 4.74 Å². The number of ether oxygens (including phenoxy) is 1. The van der Waals surface area contributed by atoms with E-state index in [1.54, 1.807) is 0 Å². The number of hydrogen-bond donors (Lipinski definition) is 2. The van der Waals surface area contributed by atoms with Crippen molar-refractivity contribution in [3.05, 3.63) is 34.9 Å². The average molecular weight is 264 g/mol. The number of carbonyl (C=O) groups is 1. The molecule has 0 saturated carbocycles. The monoisotopic (exact) mass is 264 g/mol. The summed E-state index contributed by atoms with van der Waals surface area (Å²) in [5.41, 5.74) is 8.64. The van der Waals surface area contributed by atoms with Crippen LogP contribution in [0.3, 0.4) is 0 Å². The van der Waals surface area contributed by atoms with Crippen LogP contribution < -0.4 is 10.9 Å². The molecule has 0 aliphatic carbocycles. The Balaban J connectivity index is 2.53. The lowest BCUT2D eigenvalue weighted by Crippen LogP contribution is -2.42. The summed E-state index contributed by atoms with van der Waals surface area (Å²) < 4.78 is 5.15. The number of hydrogen-bond acceptors (Lipinski definition) is 3. The van der Waals surface area contributed by atoms with Crippen LogP contribution in [0.25, 0.3) is 0 Å². The predicted molar refractivity (Wildman–Crippen MR) is 76.8 cm³/mol. The molecule has 106 valence electrons. The van der Waals surface area contributed by atoms with Gasteiger partial charge < -0.3 is 4.74 Å². The van der Waals surface area contributed by atoms with E-state index in [2.05, 4.69) is 42.9 Å². The second-order valence-electron chi connectivity index (χ2n) is 5.84. The molecular formula is C15H24N2O2. The molecule has 19 heavy (non-hydrogen) atoms. The van der Waals surface area contributed by atoms with Gasteiger partial charge in [-0.15, -0.1) is 0 Å². The van der Waals surface area contributed by atoms with Gasteiger partial charge in [0, 0.05) is 6.04 Å². The van der Waals surface area contributed by atoms with Gasteiger partial charge in [0.15, 0.2) is 0 Å². The minimum Gasteiger partial charge on any atom is -0.443 e. The van der Waals surface area contributed by atoms with Crippen LogP contribution in [-0.4, -0.2) is 11.7 Å². The lowest BCUT2D eigenvalue weighted by molar-refractivity contribution is 0.0489. The summed E-state index contributed by atoms with van der Waals surface area (Å²) in [7, 11) is 0. The van der Waals surface area contributed by atoms with Crippen molar-refractivity contribution in [3.8, 4) is 0 Å². The number of rotatable bonds is 3. The van der Waals surface area contributed by atoms with Crippen molar-refractivity contribution in [1.82, 2.24) is 10.9 Å². The summed E-state index contributed by atoms with van der Waals surface area (Å²) >= 11 is 0. The second-order valence-corrected chi connectivity index (χ2v) is 5.84. The molecule has 2 N–H and O–H groups in total. The molecule has 4 heteroatoms. The highest BCUT2D eigenvalue weighted by Crippen LogP contribution is 2.16. The fourth-order valence-corrected chi connectivity index (χ4v) is 1.59. The molecule has 1 atom stereocenters. The quantitative estimate of drug-likeness (QED) is 0.823. The van der Waals surface area contributed by atoms with Crippen molar-refractivity contribution in [2.45, 2.75) is 53.2 Å². The third-order valence-electron chi connectivity index (χ3n) is 2.82. The van der Waals surface area contributed by atoms with Crippen LogP contribution >= 0.6 is 0 Å². The van der Waals surface area contributed by atoms with Crippen LogP contribution in [0, 0.1) is 13.8 Å². The summed E-state index contributed by atoms with van der Waals surface area (Å²) in [6.07, 6.45) is -0.469. The van der Waals surface area contributed by atoms with E-state index in [-0.39, 0.29) is 6.04 Å². The molecule has 0 aromatic heterocycles. The summed E-state index contributed by atoms with van der Waals surface area (Å²) in [6, 6.07) is 6.27. The van der Waals surface area contributed by atoms with Crippen molar-refractivity contribution >= 4 is 6.09 Å². The van der Waals surface area contributed by atoms with Gasteiger partial charge in [0.1, 0.15) is 5.60 Å². The van der Waals surface area contributed by atoms with E-state index < -0.39 is 11.7 Å². The van der Waals surface area contributed by atoms with Crippen molar-refractivity contribution in [3.63, 3.8) is 0 Å². The van der Waals surface area contributed by atoms with Gasteiger partial charge in [-0.05, 0) is 58.2 Å². The van der Waals surface area contributed by atoms with Gasteiger partial charge >= 0.3 is 6.09 Å². The Labute approximate surface area is 115 Å².